The molecule has 15 heavy (non-hydrogen) atoms. The molecule has 4 heteroatoms. The maximum Gasteiger partial charge on any atom is 0.182 e. The number of methoxy groups -OCH3 is 1. The Morgan fingerprint density at radius 2 is 2.07 bits per heavy atom. The van der Waals surface area contributed by atoms with Crippen molar-refractivity contribution in [3.63, 3.8) is 0 Å². The summed E-state index contributed by atoms with van der Waals surface area (Å²) in [6, 6.07) is 4.85. The number of alkyl halides is 1. The fourth-order valence-corrected chi connectivity index (χ4v) is 1.40. The highest BCUT2D eigenvalue weighted by Crippen LogP contribution is 2.33. The molecule has 1 aromatic carbocycles. The van der Waals surface area contributed by atoms with Gasteiger partial charge in [0.1, 0.15) is 0 Å². The fourth-order valence-electron chi connectivity index (χ4n) is 1.19. The summed E-state index contributed by atoms with van der Waals surface area (Å²) in [6.07, 6.45) is 0. The van der Waals surface area contributed by atoms with E-state index >= 15 is 0 Å². The Morgan fingerprint density at radius 1 is 1.47 bits per heavy atom. The summed E-state index contributed by atoms with van der Waals surface area (Å²) in [5, 5.41) is 9.76. The first-order valence-electron chi connectivity index (χ1n) is 4.47. The smallest absolute Gasteiger partial charge is 0.182 e. The van der Waals surface area contributed by atoms with E-state index in [0.29, 0.717) is 5.75 Å². The van der Waals surface area contributed by atoms with Crippen LogP contribution >= 0.6 is 15.9 Å². The lowest BCUT2D eigenvalue weighted by atomic mass is 10.00. The third-order valence-corrected chi connectivity index (χ3v) is 2.36. The molecule has 1 aromatic rings. The van der Waals surface area contributed by atoms with Gasteiger partial charge in [0.15, 0.2) is 17.3 Å². The fraction of sp³-hybridized carbons (Fsp3) is 0.364. The number of phenols is 1. The van der Waals surface area contributed by atoms with Crippen molar-refractivity contribution in [2.75, 3.05) is 7.11 Å². The zero-order valence-corrected chi connectivity index (χ0v) is 10.5. The molecule has 0 aromatic heterocycles. The highest BCUT2D eigenvalue weighted by atomic mass is 79.9. The third kappa shape index (κ3) is 2.50. The topological polar surface area (TPSA) is 46.5 Å². The molecular weight excluding hydrogens is 260 g/mol. The highest BCUT2D eigenvalue weighted by Gasteiger charge is 2.28. The van der Waals surface area contributed by atoms with Gasteiger partial charge in [0.2, 0.25) is 0 Å². The van der Waals surface area contributed by atoms with Gasteiger partial charge in [-0.1, -0.05) is 22.0 Å². The summed E-state index contributed by atoms with van der Waals surface area (Å²) in [5.41, 5.74) is 0.260. The largest absolute Gasteiger partial charge is 0.504 e. The molecule has 0 unspecified atom stereocenters. The summed E-state index contributed by atoms with van der Waals surface area (Å²) < 4.78 is 4.23. The van der Waals surface area contributed by atoms with Crippen molar-refractivity contribution in [2.24, 2.45) is 0 Å². The van der Waals surface area contributed by atoms with Gasteiger partial charge in [0.05, 0.1) is 17.0 Å². The molecule has 0 aliphatic carbocycles. The number of hydrogen-bond donors (Lipinski definition) is 1. The van der Waals surface area contributed by atoms with E-state index < -0.39 is 4.32 Å². The van der Waals surface area contributed by atoms with Crippen molar-refractivity contribution in [1.29, 1.82) is 0 Å². The first-order valence-corrected chi connectivity index (χ1v) is 5.27. The van der Waals surface area contributed by atoms with E-state index in [-0.39, 0.29) is 17.1 Å². The molecule has 1 rings (SSSR count). The molecule has 82 valence electrons. The second-order valence-corrected chi connectivity index (χ2v) is 5.64. The molecular formula is C11H13BrO3. The van der Waals surface area contributed by atoms with Crippen molar-refractivity contribution in [3.05, 3.63) is 23.8 Å². The van der Waals surface area contributed by atoms with Crippen LogP contribution in [-0.4, -0.2) is 22.3 Å². The molecule has 0 fully saturated rings. The second kappa shape index (κ2) is 4.23. The van der Waals surface area contributed by atoms with Gasteiger partial charge >= 0.3 is 0 Å². The van der Waals surface area contributed by atoms with Crippen LogP contribution < -0.4 is 4.74 Å². The number of hydrogen-bond acceptors (Lipinski definition) is 3. The molecule has 0 aliphatic rings. The molecule has 3 nitrogen and oxygen atoms in total. The van der Waals surface area contributed by atoms with Gasteiger partial charge in [-0.05, 0) is 26.0 Å². The number of para-hydroxylation sites is 1. The maximum atomic E-state index is 11.9. The van der Waals surface area contributed by atoms with Crippen LogP contribution in [0.25, 0.3) is 0 Å². The minimum Gasteiger partial charge on any atom is -0.504 e. The first-order chi connectivity index (χ1) is 6.88. The SMILES string of the molecule is COc1cccc(C(=O)C(C)(C)Br)c1O. The average Bonchev–Trinajstić information content (AvgIpc) is 2.16. The quantitative estimate of drug-likeness (QED) is 0.680. The number of ketones is 1. The lowest BCUT2D eigenvalue weighted by molar-refractivity contribution is 0.0958. The molecule has 0 amide bonds. The van der Waals surface area contributed by atoms with E-state index in [4.69, 9.17) is 4.74 Å². The number of phenolic OH excluding ortho intramolecular Hbond substituents is 1. The zero-order chi connectivity index (χ0) is 11.6. The van der Waals surface area contributed by atoms with Gasteiger partial charge in [-0.15, -0.1) is 0 Å². The number of carbonyl (C=O) groups excluding carboxylic acids is 1. The Hall–Kier alpha value is -1.03. The van der Waals surface area contributed by atoms with Crippen molar-refractivity contribution in [1.82, 2.24) is 0 Å². The maximum absolute atomic E-state index is 11.9. The van der Waals surface area contributed by atoms with Gasteiger partial charge in [0, 0.05) is 0 Å². The molecule has 0 saturated carbocycles. The van der Waals surface area contributed by atoms with Gasteiger partial charge < -0.3 is 9.84 Å². The van der Waals surface area contributed by atoms with E-state index in [1.54, 1.807) is 32.0 Å². The Morgan fingerprint density at radius 3 is 2.53 bits per heavy atom. The molecule has 0 saturated heterocycles. The van der Waals surface area contributed by atoms with Crippen LogP contribution in [0.4, 0.5) is 0 Å². The molecule has 0 bridgehead atoms. The molecule has 0 radical (unpaired) electrons. The van der Waals surface area contributed by atoms with Crippen LogP contribution in [0.5, 0.6) is 11.5 Å². The molecule has 0 aliphatic heterocycles. The van der Waals surface area contributed by atoms with Crippen LogP contribution in [0.15, 0.2) is 18.2 Å². The Bertz CT molecular complexity index is 380. The Labute approximate surface area is 97.2 Å². The van der Waals surface area contributed by atoms with Crippen LogP contribution in [0.1, 0.15) is 24.2 Å². The Kier molecular flexibility index (Phi) is 3.39. The van der Waals surface area contributed by atoms with Crippen molar-refractivity contribution in [3.8, 4) is 11.5 Å². The molecule has 1 N–H and O–H groups in total. The number of halogens is 1. The molecule has 0 atom stereocenters. The number of rotatable bonds is 3. The highest BCUT2D eigenvalue weighted by molar-refractivity contribution is 9.10. The lowest BCUT2D eigenvalue weighted by Crippen LogP contribution is -2.24. The van der Waals surface area contributed by atoms with Gasteiger partial charge in [0.25, 0.3) is 0 Å². The normalized spacial score (nSPS) is 11.2. The second-order valence-electron chi connectivity index (χ2n) is 3.66. The van der Waals surface area contributed by atoms with E-state index in [0.717, 1.165) is 0 Å². The van der Waals surface area contributed by atoms with Gasteiger partial charge in [-0.2, -0.15) is 0 Å². The Balaban J connectivity index is 3.22. The molecule has 0 spiro atoms. The van der Waals surface area contributed by atoms with E-state index in [1.165, 1.54) is 7.11 Å². The zero-order valence-electron chi connectivity index (χ0n) is 8.87. The number of Topliss-reactive ketones (excluding diaryl/α,β-unsaturated/α-hetero) is 1. The average molecular weight is 273 g/mol. The lowest BCUT2D eigenvalue weighted by Gasteiger charge is -2.16. The summed E-state index contributed by atoms with van der Waals surface area (Å²) in [7, 11) is 1.45. The van der Waals surface area contributed by atoms with Gasteiger partial charge in [-0.25, -0.2) is 0 Å². The van der Waals surface area contributed by atoms with Crippen LogP contribution in [-0.2, 0) is 0 Å². The molecule has 0 heterocycles. The summed E-state index contributed by atoms with van der Waals surface area (Å²) in [6.45, 7) is 3.46. The first kappa shape index (κ1) is 12.0. The number of benzene rings is 1. The summed E-state index contributed by atoms with van der Waals surface area (Å²) in [5.74, 6) is 0.00836. The van der Waals surface area contributed by atoms with Crippen molar-refractivity contribution in [2.45, 2.75) is 18.2 Å². The van der Waals surface area contributed by atoms with E-state index in [2.05, 4.69) is 15.9 Å². The van der Waals surface area contributed by atoms with Crippen molar-refractivity contribution < 1.29 is 14.6 Å². The summed E-state index contributed by atoms with van der Waals surface area (Å²) >= 11 is 3.26. The minimum absolute atomic E-state index is 0.113. The van der Waals surface area contributed by atoms with Crippen molar-refractivity contribution >= 4 is 21.7 Å². The predicted molar refractivity (Wildman–Crippen MR) is 62.0 cm³/mol. The number of ether oxygens (including phenoxy) is 1. The van der Waals surface area contributed by atoms with Crippen LogP contribution in [0.2, 0.25) is 0 Å². The number of aromatic hydroxyl groups is 1. The van der Waals surface area contributed by atoms with E-state index in [1.807, 2.05) is 0 Å². The van der Waals surface area contributed by atoms with Crippen LogP contribution in [0.3, 0.4) is 0 Å². The van der Waals surface area contributed by atoms with E-state index in [9.17, 15) is 9.90 Å². The van der Waals surface area contributed by atoms with Gasteiger partial charge in [-0.3, -0.25) is 4.79 Å². The standard InChI is InChI=1S/C11H13BrO3/c1-11(2,12)10(14)7-5-4-6-8(15-3)9(7)13/h4-6,13H,1-3H3. The monoisotopic (exact) mass is 272 g/mol. The predicted octanol–water partition coefficient (Wildman–Crippen LogP) is 2.76. The summed E-state index contributed by atoms with van der Waals surface area (Å²) in [4.78, 5) is 11.9. The minimum atomic E-state index is -0.698. The van der Waals surface area contributed by atoms with Crippen LogP contribution in [0, 0.1) is 0 Å². The third-order valence-electron chi connectivity index (χ3n) is 2.00. The number of carbonyl (C=O) groups is 1.